The topological polar surface area (TPSA) is 37.3 Å². The molecular formula is C19H34O2. The highest BCUT2D eigenvalue weighted by atomic mass is 16.3. The molecule has 0 aromatic heterocycles. The number of carbonyl (C=O) groups excluding carboxylic acids is 1. The predicted molar refractivity (Wildman–Crippen MR) is 89.4 cm³/mol. The number of carbonyl (C=O) groups is 1. The average molecular weight is 294 g/mol. The maximum absolute atomic E-state index is 12.7. The summed E-state index contributed by atoms with van der Waals surface area (Å²) in [4.78, 5) is 12.7. The fourth-order valence-corrected chi connectivity index (χ4v) is 3.73. The Balaban J connectivity index is 2.93. The number of hydrogen-bond acceptors (Lipinski definition) is 2. The van der Waals surface area contributed by atoms with Crippen LogP contribution in [0.25, 0.3) is 0 Å². The van der Waals surface area contributed by atoms with Gasteiger partial charge < -0.3 is 5.11 Å². The molecule has 0 unspecified atom stereocenters. The van der Waals surface area contributed by atoms with Crippen LogP contribution in [0.3, 0.4) is 0 Å². The highest BCUT2D eigenvalue weighted by Crippen LogP contribution is 2.42. The molecule has 1 aliphatic rings. The van der Waals surface area contributed by atoms with E-state index >= 15 is 0 Å². The molecular weight excluding hydrogens is 260 g/mol. The lowest BCUT2D eigenvalue weighted by Gasteiger charge is -2.35. The first kappa shape index (κ1) is 18.3. The Kier molecular flexibility index (Phi) is 6.07. The highest BCUT2D eigenvalue weighted by Gasteiger charge is 2.35. The molecule has 0 aromatic carbocycles. The largest absolute Gasteiger partial charge is 0.511 e. The molecule has 0 atom stereocenters. The van der Waals surface area contributed by atoms with Crippen LogP contribution in [-0.2, 0) is 4.79 Å². The summed E-state index contributed by atoms with van der Waals surface area (Å²) < 4.78 is 0. The van der Waals surface area contributed by atoms with Gasteiger partial charge in [0.15, 0.2) is 5.78 Å². The van der Waals surface area contributed by atoms with Gasteiger partial charge in [-0.25, -0.2) is 0 Å². The summed E-state index contributed by atoms with van der Waals surface area (Å²) in [5.41, 5.74) is 0.773. The van der Waals surface area contributed by atoms with Gasteiger partial charge in [0, 0.05) is 16.9 Å². The first-order chi connectivity index (χ1) is 9.73. The molecule has 0 saturated heterocycles. The van der Waals surface area contributed by atoms with E-state index in [1.54, 1.807) is 0 Å². The van der Waals surface area contributed by atoms with E-state index in [0.29, 0.717) is 16.7 Å². The molecule has 0 aromatic rings. The van der Waals surface area contributed by atoms with Crippen LogP contribution in [0.15, 0.2) is 11.3 Å². The quantitative estimate of drug-likeness (QED) is 0.495. The minimum atomic E-state index is -0.215. The standard InChI is InChI=1S/C19H34O2/c1-7-19(8-2,9-3)17(21)14(4)16(20)15-10-12-18(5,6)13-11-15/h15,21H,7-13H2,1-6H3. The van der Waals surface area contributed by atoms with Crippen molar-refractivity contribution in [1.29, 1.82) is 0 Å². The van der Waals surface area contributed by atoms with Crippen molar-refractivity contribution in [3.05, 3.63) is 11.3 Å². The smallest absolute Gasteiger partial charge is 0.165 e. The average Bonchev–Trinajstić information content (AvgIpc) is 2.48. The number of hydrogen-bond donors (Lipinski definition) is 1. The van der Waals surface area contributed by atoms with Crippen LogP contribution >= 0.6 is 0 Å². The van der Waals surface area contributed by atoms with Gasteiger partial charge in [-0.2, -0.15) is 0 Å². The first-order valence-corrected chi connectivity index (χ1v) is 8.67. The Bertz CT molecular complexity index is 382. The van der Waals surface area contributed by atoms with Crippen LogP contribution in [0, 0.1) is 16.7 Å². The SMILES string of the molecule is CCC(CC)(CC)C(O)=C(C)C(=O)C1CCC(C)(C)CC1. The monoisotopic (exact) mass is 294 g/mol. The van der Waals surface area contributed by atoms with Crippen molar-refractivity contribution in [3.63, 3.8) is 0 Å². The van der Waals surface area contributed by atoms with Crippen LogP contribution in [-0.4, -0.2) is 10.9 Å². The molecule has 21 heavy (non-hydrogen) atoms. The minimum absolute atomic E-state index is 0.114. The first-order valence-electron chi connectivity index (χ1n) is 8.67. The number of aliphatic hydroxyl groups is 1. The van der Waals surface area contributed by atoms with Crippen LogP contribution in [0.4, 0.5) is 0 Å². The van der Waals surface area contributed by atoms with E-state index < -0.39 is 0 Å². The van der Waals surface area contributed by atoms with Gasteiger partial charge in [-0.05, 0) is 57.3 Å². The minimum Gasteiger partial charge on any atom is -0.511 e. The fourth-order valence-electron chi connectivity index (χ4n) is 3.73. The molecule has 1 saturated carbocycles. The van der Waals surface area contributed by atoms with Crippen molar-refractivity contribution in [3.8, 4) is 0 Å². The fraction of sp³-hybridized carbons (Fsp3) is 0.842. The van der Waals surface area contributed by atoms with Crippen LogP contribution in [0.5, 0.6) is 0 Å². The Morgan fingerprint density at radius 2 is 1.52 bits per heavy atom. The van der Waals surface area contributed by atoms with Gasteiger partial charge >= 0.3 is 0 Å². The van der Waals surface area contributed by atoms with Crippen molar-refractivity contribution >= 4 is 5.78 Å². The zero-order valence-corrected chi connectivity index (χ0v) is 14.9. The molecule has 1 rings (SSSR count). The molecule has 0 amide bonds. The van der Waals surface area contributed by atoms with Crippen LogP contribution in [0.2, 0.25) is 0 Å². The molecule has 0 radical (unpaired) electrons. The van der Waals surface area contributed by atoms with E-state index in [0.717, 1.165) is 44.9 Å². The van der Waals surface area contributed by atoms with Crippen LogP contribution < -0.4 is 0 Å². The van der Waals surface area contributed by atoms with Gasteiger partial charge in [-0.3, -0.25) is 4.79 Å². The van der Waals surface area contributed by atoms with Gasteiger partial charge in [0.2, 0.25) is 0 Å². The number of ketones is 1. The molecule has 0 bridgehead atoms. The van der Waals surface area contributed by atoms with Gasteiger partial charge in [0.05, 0.1) is 0 Å². The lowest BCUT2D eigenvalue weighted by Crippen LogP contribution is -2.29. The second kappa shape index (κ2) is 6.98. The Hall–Kier alpha value is -0.790. The van der Waals surface area contributed by atoms with Gasteiger partial charge in [-0.15, -0.1) is 0 Å². The molecule has 122 valence electrons. The van der Waals surface area contributed by atoms with E-state index in [9.17, 15) is 9.90 Å². The molecule has 1 aliphatic carbocycles. The number of aliphatic hydroxyl groups excluding tert-OH is 1. The van der Waals surface area contributed by atoms with E-state index in [4.69, 9.17) is 0 Å². The summed E-state index contributed by atoms with van der Waals surface area (Å²) in [7, 11) is 0. The Morgan fingerprint density at radius 1 is 1.10 bits per heavy atom. The van der Waals surface area contributed by atoms with E-state index in [-0.39, 0.29) is 17.1 Å². The van der Waals surface area contributed by atoms with Crippen molar-refractivity contribution in [2.24, 2.45) is 16.7 Å². The number of rotatable bonds is 6. The zero-order valence-electron chi connectivity index (χ0n) is 14.9. The number of allylic oxidation sites excluding steroid dienone is 2. The summed E-state index contributed by atoms with van der Waals surface area (Å²) in [6.45, 7) is 12.7. The van der Waals surface area contributed by atoms with E-state index in [1.807, 2.05) is 6.92 Å². The summed E-state index contributed by atoms with van der Waals surface area (Å²) in [6, 6.07) is 0. The van der Waals surface area contributed by atoms with Crippen molar-refractivity contribution in [2.75, 3.05) is 0 Å². The van der Waals surface area contributed by atoms with Crippen molar-refractivity contribution in [1.82, 2.24) is 0 Å². The third-order valence-corrected chi connectivity index (χ3v) is 5.97. The molecule has 0 aliphatic heterocycles. The van der Waals surface area contributed by atoms with Crippen LogP contribution in [0.1, 0.15) is 86.5 Å². The maximum atomic E-state index is 12.7. The summed E-state index contributed by atoms with van der Waals surface area (Å²) in [5.74, 6) is 0.649. The Morgan fingerprint density at radius 3 is 1.90 bits per heavy atom. The lowest BCUT2D eigenvalue weighted by atomic mass is 9.70. The normalized spacial score (nSPS) is 21.0. The maximum Gasteiger partial charge on any atom is 0.165 e. The third kappa shape index (κ3) is 3.90. The molecule has 1 N–H and O–H groups in total. The van der Waals surface area contributed by atoms with Crippen molar-refractivity contribution < 1.29 is 9.90 Å². The molecule has 2 heteroatoms. The van der Waals surface area contributed by atoms with Gasteiger partial charge in [0.25, 0.3) is 0 Å². The zero-order chi connectivity index (χ0) is 16.3. The van der Waals surface area contributed by atoms with E-state index in [2.05, 4.69) is 34.6 Å². The third-order valence-electron chi connectivity index (χ3n) is 5.97. The van der Waals surface area contributed by atoms with Crippen molar-refractivity contribution in [2.45, 2.75) is 86.5 Å². The molecule has 0 spiro atoms. The van der Waals surface area contributed by atoms with Gasteiger partial charge in [0.1, 0.15) is 5.76 Å². The number of Topliss-reactive ketones (excluding diaryl/α,β-unsaturated/α-hetero) is 1. The Labute approximate surface area is 131 Å². The summed E-state index contributed by atoms with van der Waals surface area (Å²) >= 11 is 0. The van der Waals surface area contributed by atoms with E-state index in [1.165, 1.54) is 0 Å². The lowest BCUT2D eigenvalue weighted by molar-refractivity contribution is -0.121. The summed E-state index contributed by atoms with van der Waals surface area (Å²) in [6.07, 6.45) is 6.80. The highest BCUT2D eigenvalue weighted by molar-refractivity contribution is 5.97. The molecule has 2 nitrogen and oxygen atoms in total. The summed E-state index contributed by atoms with van der Waals surface area (Å²) in [5, 5.41) is 10.7. The second-order valence-electron chi connectivity index (χ2n) is 7.62. The molecule has 1 fully saturated rings. The second-order valence-corrected chi connectivity index (χ2v) is 7.62. The van der Waals surface area contributed by atoms with Gasteiger partial charge in [-0.1, -0.05) is 34.6 Å². The molecule has 0 heterocycles. The predicted octanol–water partition coefficient (Wildman–Crippen LogP) is 5.82.